The number of amides is 1. The lowest BCUT2D eigenvalue weighted by Gasteiger charge is -2.03. The molecule has 6 heteroatoms. The zero-order valence-corrected chi connectivity index (χ0v) is 8.69. The fourth-order valence-electron chi connectivity index (χ4n) is 0.622. The first-order chi connectivity index (χ1) is 5.95. The topological polar surface area (TPSA) is 72.5 Å². The lowest BCUT2D eigenvalue weighted by Crippen LogP contribution is -2.31. The molecule has 0 aliphatic rings. The average molecular weight is 209 g/mol. The summed E-state index contributed by atoms with van der Waals surface area (Å²) in [5.41, 5.74) is 0. The third kappa shape index (κ3) is 9.29. The minimum atomic E-state index is -3.00. The minimum Gasteiger partial charge on any atom is -0.372 e. The van der Waals surface area contributed by atoms with E-state index in [1.54, 1.807) is 6.92 Å². The molecule has 0 aliphatic carbocycles. The minimum absolute atomic E-state index is 0.0136. The molecule has 5 nitrogen and oxygen atoms in total. The smallest absolute Gasteiger partial charge is 0.246 e. The monoisotopic (exact) mass is 209 g/mol. The Morgan fingerprint density at radius 3 is 2.54 bits per heavy atom. The average Bonchev–Trinajstić information content (AvgIpc) is 1.98. The van der Waals surface area contributed by atoms with E-state index in [9.17, 15) is 13.2 Å². The summed E-state index contributed by atoms with van der Waals surface area (Å²) in [6.07, 6.45) is 1.13. The molecule has 0 aromatic rings. The van der Waals surface area contributed by atoms with Crippen molar-refractivity contribution in [1.29, 1.82) is 0 Å². The van der Waals surface area contributed by atoms with Crippen LogP contribution in [0.3, 0.4) is 0 Å². The predicted molar refractivity (Wildman–Crippen MR) is 49.2 cm³/mol. The number of ether oxygens (including phenoxy) is 1. The number of hydrogen-bond acceptors (Lipinski definition) is 4. The molecule has 0 radical (unpaired) electrons. The van der Waals surface area contributed by atoms with Crippen LogP contribution in [0, 0.1) is 0 Å². The molecule has 0 rings (SSSR count). The van der Waals surface area contributed by atoms with Crippen LogP contribution in [0.5, 0.6) is 0 Å². The van der Waals surface area contributed by atoms with E-state index in [2.05, 4.69) is 5.32 Å². The highest BCUT2D eigenvalue weighted by atomic mass is 32.2. The van der Waals surface area contributed by atoms with E-state index >= 15 is 0 Å². The van der Waals surface area contributed by atoms with Crippen molar-refractivity contribution in [3.63, 3.8) is 0 Å². The summed E-state index contributed by atoms with van der Waals surface area (Å²) in [6.45, 7) is 2.38. The first-order valence-corrected chi connectivity index (χ1v) is 6.04. The zero-order valence-electron chi connectivity index (χ0n) is 7.87. The maximum atomic E-state index is 10.9. The summed E-state index contributed by atoms with van der Waals surface area (Å²) in [7, 11) is -3.00. The molecule has 13 heavy (non-hydrogen) atoms. The van der Waals surface area contributed by atoms with Gasteiger partial charge in [-0.1, -0.05) is 0 Å². The molecule has 78 valence electrons. The molecular weight excluding hydrogens is 194 g/mol. The Hall–Kier alpha value is -0.620. The molecule has 0 saturated carbocycles. The highest BCUT2D eigenvalue weighted by Crippen LogP contribution is 1.80. The van der Waals surface area contributed by atoms with Crippen molar-refractivity contribution < 1.29 is 17.9 Å². The first kappa shape index (κ1) is 12.4. The van der Waals surface area contributed by atoms with Gasteiger partial charge >= 0.3 is 0 Å². The van der Waals surface area contributed by atoms with Gasteiger partial charge in [0.1, 0.15) is 16.4 Å². The van der Waals surface area contributed by atoms with Crippen LogP contribution in [0.4, 0.5) is 0 Å². The van der Waals surface area contributed by atoms with Gasteiger partial charge in [0.25, 0.3) is 0 Å². The molecule has 1 N–H and O–H groups in total. The quantitative estimate of drug-likeness (QED) is 0.620. The van der Waals surface area contributed by atoms with Gasteiger partial charge in [-0.25, -0.2) is 8.42 Å². The largest absolute Gasteiger partial charge is 0.372 e. The number of sulfone groups is 1. The molecule has 0 aromatic heterocycles. The van der Waals surface area contributed by atoms with E-state index in [0.29, 0.717) is 6.61 Å². The van der Waals surface area contributed by atoms with Gasteiger partial charge in [0.05, 0.1) is 5.75 Å². The van der Waals surface area contributed by atoms with Crippen LogP contribution in [0.1, 0.15) is 6.92 Å². The summed E-state index contributed by atoms with van der Waals surface area (Å²) in [4.78, 5) is 10.9. The Kier molecular flexibility index (Phi) is 5.65. The molecule has 0 spiro atoms. The lowest BCUT2D eigenvalue weighted by atomic mass is 10.6. The van der Waals surface area contributed by atoms with Crippen LogP contribution in [0.25, 0.3) is 0 Å². The molecule has 0 aromatic carbocycles. The van der Waals surface area contributed by atoms with Crippen LogP contribution in [0.2, 0.25) is 0 Å². The van der Waals surface area contributed by atoms with Gasteiger partial charge in [0, 0.05) is 19.4 Å². The van der Waals surface area contributed by atoms with Crippen LogP contribution in [-0.2, 0) is 19.4 Å². The van der Waals surface area contributed by atoms with Crippen LogP contribution < -0.4 is 5.32 Å². The third-order valence-corrected chi connectivity index (χ3v) is 2.18. The van der Waals surface area contributed by atoms with Crippen molar-refractivity contribution in [3.05, 3.63) is 0 Å². The van der Waals surface area contributed by atoms with Crippen LogP contribution >= 0.6 is 0 Å². The molecule has 0 bridgehead atoms. The predicted octanol–water partition coefficient (Wildman–Crippen LogP) is -0.816. The van der Waals surface area contributed by atoms with Gasteiger partial charge in [0.15, 0.2) is 0 Å². The van der Waals surface area contributed by atoms with E-state index in [4.69, 9.17) is 4.74 Å². The zero-order chi connectivity index (χ0) is 10.3. The lowest BCUT2D eigenvalue weighted by molar-refractivity contribution is -0.125. The summed E-state index contributed by atoms with van der Waals surface area (Å²) in [5.74, 6) is -0.323. The SMILES string of the molecule is CCOCC(=O)NCCS(C)(=O)=O. The molecular formula is C7H15NO4S. The second-order valence-electron chi connectivity index (χ2n) is 2.62. The summed E-state index contributed by atoms with van der Waals surface area (Å²) >= 11 is 0. The highest BCUT2D eigenvalue weighted by Gasteiger charge is 2.04. The van der Waals surface area contributed by atoms with Crippen molar-refractivity contribution in [1.82, 2.24) is 5.32 Å². The highest BCUT2D eigenvalue weighted by molar-refractivity contribution is 7.90. The number of carbonyl (C=O) groups excluding carboxylic acids is 1. The van der Waals surface area contributed by atoms with E-state index in [-0.39, 0.29) is 24.8 Å². The standard InChI is InChI=1S/C7H15NO4S/c1-3-12-6-7(9)8-4-5-13(2,10)11/h3-6H2,1-2H3,(H,8,9). The summed E-state index contributed by atoms with van der Waals surface area (Å²) < 4.78 is 26.1. The number of carbonyl (C=O) groups is 1. The molecule has 0 heterocycles. The van der Waals surface area contributed by atoms with Crippen LogP contribution in [-0.4, -0.2) is 46.1 Å². The molecule has 0 aliphatic heterocycles. The van der Waals surface area contributed by atoms with E-state index in [0.717, 1.165) is 6.26 Å². The number of hydrogen-bond donors (Lipinski definition) is 1. The van der Waals surface area contributed by atoms with Gasteiger partial charge < -0.3 is 10.1 Å². The van der Waals surface area contributed by atoms with E-state index < -0.39 is 9.84 Å². The van der Waals surface area contributed by atoms with Crippen molar-refractivity contribution in [3.8, 4) is 0 Å². The Balaban J connectivity index is 3.49. The Morgan fingerprint density at radius 1 is 1.46 bits per heavy atom. The van der Waals surface area contributed by atoms with Crippen molar-refractivity contribution >= 4 is 15.7 Å². The molecule has 0 saturated heterocycles. The van der Waals surface area contributed by atoms with Crippen LogP contribution in [0.15, 0.2) is 0 Å². The van der Waals surface area contributed by atoms with Gasteiger partial charge in [-0.15, -0.1) is 0 Å². The number of rotatable bonds is 6. The maximum Gasteiger partial charge on any atom is 0.246 e. The second-order valence-corrected chi connectivity index (χ2v) is 4.88. The fraction of sp³-hybridized carbons (Fsp3) is 0.857. The molecule has 0 unspecified atom stereocenters. The molecule has 0 atom stereocenters. The van der Waals surface area contributed by atoms with E-state index in [1.165, 1.54) is 0 Å². The van der Waals surface area contributed by atoms with Crippen molar-refractivity contribution in [2.45, 2.75) is 6.92 Å². The van der Waals surface area contributed by atoms with Gasteiger partial charge in [-0.2, -0.15) is 0 Å². The fourth-order valence-corrected chi connectivity index (χ4v) is 1.09. The van der Waals surface area contributed by atoms with Gasteiger partial charge in [-0.3, -0.25) is 4.79 Å². The maximum absolute atomic E-state index is 10.9. The molecule has 1 amide bonds. The normalized spacial score (nSPS) is 11.2. The van der Waals surface area contributed by atoms with E-state index in [1.807, 2.05) is 0 Å². The van der Waals surface area contributed by atoms with Crippen molar-refractivity contribution in [2.75, 3.05) is 31.8 Å². The van der Waals surface area contributed by atoms with Gasteiger partial charge in [-0.05, 0) is 6.92 Å². The number of nitrogens with one attached hydrogen (secondary N) is 1. The Morgan fingerprint density at radius 2 is 2.08 bits per heavy atom. The van der Waals surface area contributed by atoms with Gasteiger partial charge in [0.2, 0.25) is 5.91 Å². The second kappa shape index (κ2) is 5.93. The summed E-state index contributed by atoms with van der Waals surface area (Å²) in [6, 6.07) is 0. The third-order valence-electron chi connectivity index (χ3n) is 1.23. The summed E-state index contributed by atoms with van der Waals surface area (Å²) in [5, 5.41) is 2.43. The first-order valence-electron chi connectivity index (χ1n) is 3.98. The molecule has 0 fully saturated rings. The Labute approximate surface area is 78.4 Å². The van der Waals surface area contributed by atoms with Crippen molar-refractivity contribution in [2.24, 2.45) is 0 Å². The Bertz CT molecular complexity index is 247.